The number of rotatable bonds is 1. The second-order valence-corrected chi connectivity index (χ2v) is 3.23. The minimum absolute atomic E-state index is 0.444. The van der Waals surface area contributed by atoms with Crippen molar-refractivity contribution in [1.29, 1.82) is 0 Å². The summed E-state index contributed by atoms with van der Waals surface area (Å²) in [6.07, 6.45) is 6.15. The molecular weight excluding hydrogens is 124 g/mol. The minimum atomic E-state index is 0.444. The van der Waals surface area contributed by atoms with E-state index in [2.05, 4.69) is 26.0 Å². The van der Waals surface area contributed by atoms with Crippen LogP contribution in [0.2, 0.25) is 0 Å². The van der Waals surface area contributed by atoms with Crippen LogP contribution in [0.1, 0.15) is 20.3 Å². The quantitative estimate of drug-likeness (QED) is 0.507. The summed E-state index contributed by atoms with van der Waals surface area (Å²) in [5.74, 6) is 1.29. The summed E-state index contributed by atoms with van der Waals surface area (Å²) >= 11 is 0. The van der Waals surface area contributed by atoms with E-state index < -0.39 is 0 Å². The second-order valence-electron chi connectivity index (χ2n) is 3.23. The third-order valence-corrected chi connectivity index (χ3v) is 2.24. The Labute approximate surface area is 63.1 Å². The molecule has 0 bridgehead atoms. The van der Waals surface area contributed by atoms with E-state index in [4.69, 9.17) is 4.74 Å². The highest BCUT2D eigenvalue weighted by Gasteiger charge is 2.20. The van der Waals surface area contributed by atoms with Gasteiger partial charge in [0.05, 0.1) is 6.10 Å². The van der Waals surface area contributed by atoms with Crippen molar-refractivity contribution in [2.45, 2.75) is 26.4 Å². The van der Waals surface area contributed by atoms with Crippen molar-refractivity contribution in [2.75, 3.05) is 7.11 Å². The van der Waals surface area contributed by atoms with Crippen LogP contribution in [0.15, 0.2) is 12.2 Å². The third-order valence-electron chi connectivity index (χ3n) is 2.24. The first kappa shape index (κ1) is 7.80. The first-order valence-electron chi connectivity index (χ1n) is 3.95. The summed E-state index contributed by atoms with van der Waals surface area (Å²) in [4.78, 5) is 0. The fraction of sp³-hybridized carbons (Fsp3) is 0.778. The van der Waals surface area contributed by atoms with Crippen molar-refractivity contribution in [3.05, 3.63) is 12.2 Å². The van der Waals surface area contributed by atoms with E-state index in [9.17, 15) is 0 Å². The van der Waals surface area contributed by atoms with Gasteiger partial charge in [-0.25, -0.2) is 0 Å². The fourth-order valence-corrected chi connectivity index (χ4v) is 1.46. The third kappa shape index (κ3) is 1.60. The molecule has 0 fully saturated rings. The SMILES string of the molecule is COC1C[C@H](C)C=C[C@@H]1C. The molecule has 0 amide bonds. The molecule has 3 atom stereocenters. The van der Waals surface area contributed by atoms with Gasteiger partial charge in [0.15, 0.2) is 0 Å². The maximum absolute atomic E-state index is 5.32. The zero-order chi connectivity index (χ0) is 7.56. The molecule has 0 spiro atoms. The predicted molar refractivity (Wildman–Crippen MR) is 42.9 cm³/mol. The van der Waals surface area contributed by atoms with E-state index in [0.29, 0.717) is 17.9 Å². The van der Waals surface area contributed by atoms with E-state index in [1.165, 1.54) is 6.42 Å². The van der Waals surface area contributed by atoms with Gasteiger partial charge in [-0.15, -0.1) is 0 Å². The van der Waals surface area contributed by atoms with Gasteiger partial charge in [0.1, 0.15) is 0 Å². The smallest absolute Gasteiger partial charge is 0.0636 e. The first-order valence-corrected chi connectivity index (χ1v) is 3.95. The molecule has 0 aromatic heterocycles. The average molecular weight is 140 g/mol. The number of methoxy groups -OCH3 is 1. The Kier molecular flexibility index (Phi) is 2.50. The van der Waals surface area contributed by atoms with E-state index in [1.807, 2.05) is 0 Å². The molecule has 1 rings (SSSR count). The molecule has 1 aliphatic rings. The average Bonchev–Trinajstić information content (AvgIpc) is 1.94. The standard InChI is InChI=1S/C9H16O/c1-7-4-5-8(2)9(6-7)10-3/h4-5,7-9H,6H2,1-3H3/t7-,8+,9?/m1/s1. The van der Waals surface area contributed by atoms with Gasteiger partial charge in [-0.1, -0.05) is 26.0 Å². The zero-order valence-electron chi connectivity index (χ0n) is 7.00. The topological polar surface area (TPSA) is 9.23 Å². The van der Waals surface area contributed by atoms with Gasteiger partial charge in [0.25, 0.3) is 0 Å². The van der Waals surface area contributed by atoms with Gasteiger partial charge in [0.2, 0.25) is 0 Å². The van der Waals surface area contributed by atoms with Crippen molar-refractivity contribution in [1.82, 2.24) is 0 Å². The molecule has 10 heavy (non-hydrogen) atoms. The first-order chi connectivity index (χ1) is 4.74. The molecule has 1 aliphatic carbocycles. The summed E-state index contributed by atoms with van der Waals surface area (Å²) in [7, 11) is 1.80. The van der Waals surface area contributed by atoms with Crippen LogP contribution in [-0.2, 0) is 4.74 Å². The van der Waals surface area contributed by atoms with Crippen molar-refractivity contribution < 1.29 is 4.74 Å². The summed E-state index contributed by atoms with van der Waals surface area (Å²) in [6, 6.07) is 0. The number of hydrogen-bond acceptors (Lipinski definition) is 1. The lowest BCUT2D eigenvalue weighted by molar-refractivity contribution is 0.0544. The summed E-state index contributed by atoms with van der Waals surface area (Å²) in [5.41, 5.74) is 0. The van der Waals surface area contributed by atoms with Gasteiger partial charge in [-0.3, -0.25) is 0 Å². The summed E-state index contributed by atoms with van der Waals surface area (Å²) in [5, 5.41) is 0. The lowest BCUT2D eigenvalue weighted by Gasteiger charge is -2.26. The Balaban J connectivity index is 2.53. The largest absolute Gasteiger partial charge is 0.381 e. The molecule has 1 nitrogen and oxygen atoms in total. The molecule has 0 N–H and O–H groups in total. The Morgan fingerprint density at radius 2 is 2.00 bits per heavy atom. The van der Waals surface area contributed by atoms with E-state index in [1.54, 1.807) is 7.11 Å². The van der Waals surface area contributed by atoms with Gasteiger partial charge in [-0.05, 0) is 12.3 Å². The van der Waals surface area contributed by atoms with Crippen molar-refractivity contribution in [3.8, 4) is 0 Å². The molecule has 0 aliphatic heterocycles. The number of hydrogen-bond donors (Lipinski definition) is 0. The van der Waals surface area contributed by atoms with Crippen LogP contribution in [0.3, 0.4) is 0 Å². The summed E-state index contributed by atoms with van der Waals surface area (Å²) in [6.45, 7) is 4.44. The Bertz CT molecular complexity index is 129. The number of ether oxygens (including phenoxy) is 1. The van der Waals surface area contributed by atoms with Crippen LogP contribution in [0.5, 0.6) is 0 Å². The van der Waals surface area contributed by atoms with E-state index in [0.717, 1.165) is 0 Å². The molecule has 58 valence electrons. The predicted octanol–water partition coefficient (Wildman–Crippen LogP) is 2.23. The van der Waals surface area contributed by atoms with Crippen LogP contribution in [0.25, 0.3) is 0 Å². The minimum Gasteiger partial charge on any atom is -0.381 e. The lowest BCUT2D eigenvalue weighted by Crippen LogP contribution is -2.24. The lowest BCUT2D eigenvalue weighted by atomic mass is 9.88. The van der Waals surface area contributed by atoms with E-state index in [-0.39, 0.29) is 0 Å². The molecule has 1 heteroatoms. The highest BCUT2D eigenvalue weighted by atomic mass is 16.5. The fourth-order valence-electron chi connectivity index (χ4n) is 1.46. The van der Waals surface area contributed by atoms with Crippen LogP contribution in [-0.4, -0.2) is 13.2 Å². The molecule has 0 radical (unpaired) electrons. The summed E-state index contributed by atoms with van der Waals surface area (Å²) < 4.78 is 5.32. The molecular formula is C9H16O. The monoisotopic (exact) mass is 140 g/mol. The van der Waals surface area contributed by atoms with Crippen molar-refractivity contribution in [2.24, 2.45) is 11.8 Å². The zero-order valence-corrected chi connectivity index (χ0v) is 7.00. The van der Waals surface area contributed by atoms with Gasteiger partial charge in [0, 0.05) is 13.0 Å². The van der Waals surface area contributed by atoms with Gasteiger partial charge < -0.3 is 4.74 Å². The second kappa shape index (κ2) is 3.20. The molecule has 0 heterocycles. The molecule has 0 saturated heterocycles. The van der Waals surface area contributed by atoms with Crippen LogP contribution in [0.4, 0.5) is 0 Å². The van der Waals surface area contributed by atoms with Crippen LogP contribution >= 0.6 is 0 Å². The Morgan fingerprint density at radius 1 is 1.30 bits per heavy atom. The Morgan fingerprint density at radius 3 is 2.50 bits per heavy atom. The number of allylic oxidation sites excluding steroid dienone is 1. The Hall–Kier alpha value is -0.300. The van der Waals surface area contributed by atoms with Crippen molar-refractivity contribution in [3.63, 3.8) is 0 Å². The highest BCUT2D eigenvalue weighted by molar-refractivity contribution is 4.99. The highest BCUT2D eigenvalue weighted by Crippen LogP contribution is 2.23. The molecule has 0 aromatic rings. The normalized spacial score (nSPS) is 40.1. The molecule has 1 unspecified atom stereocenters. The van der Waals surface area contributed by atoms with Gasteiger partial charge >= 0.3 is 0 Å². The molecule has 0 saturated carbocycles. The van der Waals surface area contributed by atoms with Gasteiger partial charge in [-0.2, -0.15) is 0 Å². The van der Waals surface area contributed by atoms with E-state index >= 15 is 0 Å². The van der Waals surface area contributed by atoms with Crippen molar-refractivity contribution >= 4 is 0 Å². The molecule has 0 aromatic carbocycles. The van der Waals surface area contributed by atoms with Crippen LogP contribution < -0.4 is 0 Å². The van der Waals surface area contributed by atoms with Crippen LogP contribution in [0, 0.1) is 11.8 Å². The maximum Gasteiger partial charge on any atom is 0.0636 e. The maximum atomic E-state index is 5.32.